The van der Waals surface area contributed by atoms with Gasteiger partial charge in [0.05, 0.1) is 0 Å². The fourth-order valence-electron chi connectivity index (χ4n) is 2.01. The second-order valence-corrected chi connectivity index (χ2v) is 3.82. The Morgan fingerprint density at radius 3 is 2.87 bits per heavy atom. The van der Waals surface area contributed by atoms with Gasteiger partial charge in [-0.25, -0.2) is 0 Å². The monoisotopic (exact) mass is 201 g/mol. The number of hydrogen-bond acceptors (Lipinski definition) is 1. The SMILES string of the molecule is CCn1cc(C)c2cc(CC=O)ccc21. The molecule has 0 fully saturated rings. The molecule has 15 heavy (non-hydrogen) atoms. The molecule has 0 atom stereocenters. The zero-order valence-corrected chi connectivity index (χ0v) is 9.16. The Labute approximate surface area is 89.5 Å². The van der Waals surface area contributed by atoms with Gasteiger partial charge in [0, 0.05) is 30.1 Å². The summed E-state index contributed by atoms with van der Waals surface area (Å²) in [6.07, 6.45) is 3.62. The van der Waals surface area contributed by atoms with E-state index >= 15 is 0 Å². The van der Waals surface area contributed by atoms with Crippen LogP contribution < -0.4 is 0 Å². The number of rotatable bonds is 3. The minimum absolute atomic E-state index is 0.507. The smallest absolute Gasteiger partial charge is 0.124 e. The fourth-order valence-corrected chi connectivity index (χ4v) is 2.01. The standard InChI is InChI=1S/C13H15NO/c1-3-14-9-10(2)12-8-11(6-7-15)4-5-13(12)14/h4-5,7-9H,3,6H2,1-2H3. The van der Waals surface area contributed by atoms with Gasteiger partial charge in [-0.15, -0.1) is 0 Å². The molecule has 0 aliphatic heterocycles. The van der Waals surface area contributed by atoms with Crippen LogP contribution in [0.1, 0.15) is 18.1 Å². The molecule has 1 heterocycles. The van der Waals surface area contributed by atoms with Crippen LogP contribution in [-0.4, -0.2) is 10.9 Å². The number of aromatic nitrogens is 1. The van der Waals surface area contributed by atoms with Crippen molar-refractivity contribution in [3.63, 3.8) is 0 Å². The number of carbonyl (C=O) groups is 1. The number of hydrogen-bond donors (Lipinski definition) is 0. The summed E-state index contributed by atoms with van der Waals surface area (Å²) in [5.41, 5.74) is 3.62. The third-order valence-electron chi connectivity index (χ3n) is 2.80. The lowest BCUT2D eigenvalue weighted by molar-refractivity contribution is -0.107. The third kappa shape index (κ3) is 1.67. The summed E-state index contributed by atoms with van der Waals surface area (Å²) in [5, 5.41) is 1.26. The molecular weight excluding hydrogens is 186 g/mol. The van der Waals surface area contributed by atoms with E-state index in [1.54, 1.807) is 0 Å². The lowest BCUT2D eigenvalue weighted by Gasteiger charge is -2.01. The molecule has 2 aromatic rings. The van der Waals surface area contributed by atoms with Crippen molar-refractivity contribution in [3.8, 4) is 0 Å². The Balaban J connectivity index is 2.61. The van der Waals surface area contributed by atoms with Gasteiger partial charge in [0.2, 0.25) is 0 Å². The van der Waals surface area contributed by atoms with Gasteiger partial charge in [0.25, 0.3) is 0 Å². The van der Waals surface area contributed by atoms with Crippen LogP contribution in [0.3, 0.4) is 0 Å². The predicted molar refractivity (Wildman–Crippen MR) is 62.1 cm³/mol. The predicted octanol–water partition coefficient (Wildman–Crippen LogP) is 2.71. The number of carbonyl (C=O) groups excluding carboxylic acids is 1. The van der Waals surface area contributed by atoms with E-state index in [1.165, 1.54) is 16.5 Å². The average molecular weight is 201 g/mol. The van der Waals surface area contributed by atoms with E-state index in [0.717, 1.165) is 18.4 Å². The van der Waals surface area contributed by atoms with Gasteiger partial charge < -0.3 is 9.36 Å². The lowest BCUT2D eigenvalue weighted by Crippen LogP contribution is -1.91. The summed E-state index contributed by atoms with van der Waals surface area (Å²) in [7, 11) is 0. The highest BCUT2D eigenvalue weighted by Crippen LogP contribution is 2.22. The molecule has 78 valence electrons. The first-order chi connectivity index (χ1) is 7.26. The van der Waals surface area contributed by atoms with Gasteiger partial charge in [0.1, 0.15) is 6.29 Å². The Bertz CT molecular complexity index is 496. The summed E-state index contributed by atoms with van der Waals surface area (Å²) in [5.74, 6) is 0. The van der Waals surface area contributed by atoms with Crippen LogP contribution in [0.5, 0.6) is 0 Å². The fraction of sp³-hybridized carbons (Fsp3) is 0.308. The van der Waals surface area contributed by atoms with E-state index < -0.39 is 0 Å². The van der Waals surface area contributed by atoms with Crippen LogP contribution >= 0.6 is 0 Å². The average Bonchev–Trinajstić information content (AvgIpc) is 2.56. The first-order valence-electron chi connectivity index (χ1n) is 5.28. The first kappa shape index (κ1) is 9.97. The van der Waals surface area contributed by atoms with Crippen LogP contribution in [0.15, 0.2) is 24.4 Å². The van der Waals surface area contributed by atoms with E-state index in [1.807, 2.05) is 6.07 Å². The Morgan fingerprint density at radius 1 is 1.40 bits per heavy atom. The molecule has 0 bridgehead atoms. The Morgan fingerprint density at radius 2 is 2.20 bits per heavy atom. The molecule has 0 N–H and O–H groups in total. The number of fused-ring (bicyclic) bond motifs is 1. The van der Waals surface area contributed by atoms with E-state index in [0.29, 0.717) is 6.42 Å². The maximum absolute atomic E-state index is 10.5. The third-order valence-corrected chi connectivity index (χ3v) is 2.80. The van der Waals surface area contributed by atoms with E-state index in [2.05, 4.69) is 36.7 Å². The summed E-state index contributed by atoms with van der Waals surface area (Å²) in [6.45, 7) is 5.23. The Kier molecular flexibility index (Phi) is 2.58. The van der Waals surface area contributed by atoms with Gasteiger partial charge >= 0.3 is 0 Å². The van der Waals surface area contributed by atoms with E-state index in [9.17, 15) is 4.79 Å². The number of aryl methyl sites for hydroxylation is 2. The highest BCUT2D eigenvalue weighted by atomic mass is 16.1. The maximum Gasteiger partial charge on any atom is 0.124 e. The zero-order valence-electron chi connectivity index (χ0n) is 9.16. The van der Waals surface area contributed by atoms with Crippen molar-refractivity contribution in [1.82, 2.24) is 4.57 Å². The van der Waals surface area contributed by atoms with Gasteiger partial charge in [-0.05, 0) is 37.1 Å². The number of aldehydes is 1. The molecule has 2 heteroatoms. The van der Waals surface area contributed by atoms with Crippen molar-refractivity contribution in [3.05, 3.63) is 35.5 Å². The molecule has 2 nitrogen and oxygen atoms in total. The highest BCUT2D eigenvalue weighted by molar-refractivity contribution is 5.85. The van der Waals surface area contributed by atoms with Crippen molar-refractivity contribution < 1.29 is 4.79 Å². The molecule has 0 saturated carbocycles. The summed E-state index contributed by atoms with van der Waals surface area (Å²) < 4.78 is 2.23. The summed E-state index contributed by atoms with van der Waals surface area (Å²) in [6, 6.07) is 6.25. The molecular formula is C13H15NO. The summed E-state index contributed by atoms with van der Waals surface area (Å²) in [4.78, 5) is 10.5. The molecule has 0 saturated heterocycles. The molecule has 1 aromatic heterocycles. The molecule has 0 amide bonds. The van der Waals surface area contributed by atoms with Crippen LogP contribution in [0.25, 0.3) is 10.9 Å². The lowest BCUT2D eigenvalue weighted by atomic mass is 10.1. The Hall–Kier alpha value is -1.57. The molecule has 0 radical (unpaired) electrons. The topological polar surface area (TPSA) is 22.0 Å². The van der Waals surface area contributed by atoms with Gasteiger partial charge in [0.15, 0.2) is 0 Å². The zero-order chi connectivity index (χ0) is 10.8. The second-order valence-electron chi connectivity index (χ2n) is 3.82. The minimum Gasteiger partial charge on any atom is -0.347 e. The van der Waals surface area contributed by atoms with E-state index in [-0.39, 0.29) is 0 Å². The number of nitrogens with zero attached hydrogens (tertiary/aromatic N) is 1. The second kappa shape index (κ2) is 3.89. The van der Waals surface area contributed by atoms with Gasteiger partial charge in [-0.1, -0.05) is 6.07 Å². The molecule has 2 rings (SSSR count). The van der Waals surface area contributed by atoms with Crippen LogP contribution in [0.2, 0.25) is 0 Å². The molecule has 1 aromatic carbocycles. The van der Waals surface area contributed by atoms with Crippen LogP contribution in [-0.2, 0) is 17.8 Å². The van der Waals surface area contributed by atoms with Gasteiger partial charge in [-0.3, -0.25) is 0 Å². The van der Waals surface area contributed by atoms with E-state index in [4.69, 9.17) is 0 Å². The van der Waals surface area contributed by atoms with Crippen molar-refractivity contribution >= 4 is 17.2 Å². The van der Waals surface area contributed by atoms with Crippen LogP contribution in [0, 0.1) is 6.92 Å². The molecule has 0 unspecified atom stereocenters. The van der Waals surface area contributed by atoms with Crippen molar-refractivity contribution in [1.29, 1.82) is 0 Å². The molecule has 0 aliphatic rings. The normalized spacial score (nSPS) is 10.8. The van der Waals surface area contributed by atoms with Crippen molar-refractivity contribution in [2.45, 2.75) is 26.8 Å². The largest absolute Gasteiger partial charge is 0.347 e. The number of benzene rings is 1. The highest BCUT2D eigenvalue weighted by Gasteiger charge is 2.04. The minimum atomic E-state index is 0.507. The molecule has 0 spiro atoms. The quantitative estimate of drug-likeness (QED) is 0.700. The van der Waals surface area contributed by atoms with Crippen molar-refractivity contribution in [2.75, 3.05) is 0 Å². The first-order valence-corrected chi connectivity index (χ1v) is 5.28. The van der Waals surface area contributed by atoms with Crippen molar-refractivity contribution in [2.24, 2.45) is 0 Å². The van der Waals surface area contributed by atoms with Crippen LogP contribution in [0.4, 0.5) is 0 Å². The van der Waals surface area contributed by atoms with Gasteiger partial charge in [-0.2, -0.15) is 0 Å². The maximum atomic E-state index is 10.5. The summed E-state index contributed by atoms with van der Waals surface area (Å²) >= 11 is 0. The molecule has 0 aliphatic carbocycles.